The fourth-order valence-electron chi connectivity index (χ4n) is 2.85. The molecular formula is C18H14ClF3N6OS. The average Bonchev–Trinajstić information content (AvgIpc) is 3.38. The summed E-state index contributed by atoms with van der Waals surface area (Å²) >= 11 is 7.00. The highest BCUT2D eigenvalue weighted by Gasteiger charge is 2.35. The minimum atomic E-state index is -4.69. The molecule has 0 atom stereocenters. The number of carbonyl (C=O) groups is 1. The SMILES string of the molecule is Cc1c(CNC(=O)c2cc3nc(-c4ccc(Cl)s4)cc(C(F)(F)F)n3n2)cnn1C. The summed E-state index contributed by atoms with van der Waals surface area (Å²) in [5.74, 6) is -0.613. The Bertz CT molecular complexity index is 1260. The maximum atomic E-state index is 13.6. The molecule has 4 aromatic heterocycles. The number of nitrogens with one attached hydrogen (secondary N) is 1. The number of aromatic nitrogens is 5. The largest absolute Gasteiger partial charge is 0.433 e. The molecule has 4 heterocycles. The van der Waals surface area contributed by atoms with Crippen LogP contribution in [0, 0.1) is 6.92 Å². The van der Waals surface area contributed by atoms with E-state index in [0.29, 0.717) is 13.7 Å². The van der Waals surface area contributed by atoms with Crippen LogP contribution < -0.4 is 5.32 Å². The normalized spacial score (nSPS) is 11.9. The Balaban J connectivity index is 1.70. The quantitative estimate of drug-likeness (QED) is 0.503. The van der Waals surface area contributed by atoms with Crippen molar-refractivity contribution in [3.63, 3.8) is 0 Å². The third-order valence-electron chi connectivity index (χ3n) is 4.55. The summed E-state index contributed by atoms with van der Waals surface area (Å²) in [5.41, 5.74) is 0.466. The Morgan fingerprint density at radius 2 is 2.07 bits per heavy atom. The van der Waals surface area contributed by atoms with E-state index < -0.39 is 17.8 Å². The van der Waals surface area contributed by atoms with E-state index in [0.717, 1.165) is 28.7 Å². The fraction of sp³-hybridized carbons (Fsp3) is 0.222. The molecule has 0 unspecified atom stereocenters. The number of thiophene rings is 1. The Morgan fingerprint density at radius 1 is 1.30 bits per heavy atom. The van der Waals surface area contributed by atoms with Gasteiger partial charge in [0, 0.05) is 30.9 Å². The number of carbonyl (C=O) groups excluding carboxylic acids is 1. The van der Waals surface area contributed by atoms with Crippen molar-refractivity contribution in [3.05, 3.63) is 57.4 Å². The van der Waals surface area contributed by atoms with Crippen LogP contribution in [-0.2, 0) is 19.8 Å². The number of aryl methyl sites for hydroxylation is 1. The van der Waals surface area contributed by atoms with Crippen molar-refractivity contribution in [1.82, 2.24) is 29.7 Å². The smallest absolute Gasteiger partial charge is 0.346 e. The lowest BCUT2D eigenvalue weighted by Crippen LogP contribution is -2.23. The first-order chi connectivity index (χ1) is 14.1. The predicted molar refractivity (Wildman–Crippen MR) is 105 cm³/mol. The first-order valence-electron chi connectivity index (χ1n) is 8.63. The molecule has 156 valence electrons. The first-order valence-corrected chi connectivity index (χ1v) is 9.82. The zero-order valence-electron chi connectivity index (χ0n) is 15.7. The Hall–Kier alpha value is -2.92. The lowest BCUT2D eigenvalue weighted by atomic mass is 10.2. The second-order valence-corrected chi connectivity index (χ2v) is 8.20. The zero-order valence-corrected chi connectivity index (χ0v) is 17.2. The van der Waals surface area contributed by atoms with E-state index in [2.05, 4.69) is 20.5 Å². The Morgan fingerprint density at radius 3 is 2.67 bits per heavy atom. The van der Waals surface area contributed by atoms with Gasteiger partial charge in [-0.15, -0.1) is 11.3 Å². The highest BCUT2D eigenvalue weighted by molar-refractivity contribution is 7.19. The number of fused-ring (bicyclic) bond motifs is 1. The monoisotopic (exact) mass is 454 g/mol. The molecule has 0 spiro atoms. The highest BCUT2D eigenvalue weighted by Crippen LogP contribution is 2.35. The summed E-state index contributed by atoms with van der Waals surface area (Å²) in [6.45, 7) is 2.02. The van der Waals surface area contributed by atoms with Crippen molar-refractivity contribution in [2.75, 3.05) is 0 Å². The lowest BCUT2D eigenvalue weighted by molar-refractivity contribution is -0.142. The van der Waals surface area contributed by atoms with E-state index in [1.165, 1.54) is 6.07 Å². The van der Waals surface area contributed by atoms with Gasteiger partial charge in [0.2, 0.25) is 0 Å². The van der Waals surface area contributed by atoms with Gasteiger partial charge in [-0.1, -0.05) is 11.6 Å². The summed E-state index contributed by atoms with van der Waals surface area (Å²) in [4.78, 5) is 17.2. The van der Waals surface area contributed by atoms with E-state index in [9.17, 15) is 18.0 Å². The molecule has 1 amide bonds. The molecular weight excluding hydrogens is 441 g/mol. The summed E-state index contributed by atoms with van der Waals surface area (Å²) in [7, 11) is 1.77. The van der Waals surface area contributed by atoms with Crippen LogP contribution in [0.4, 0.5) is 13.2 Å². The number of amides is 1. The zero-order chi connectivity index (χ0) is 21.6. The Kier molecular flexibility index (Phi) is 5.02. The van der Waals surface area contributed by atoms with Crippen molar-refractivity contribution in [2.45, 2.75) is 19.6 Å². The van der Waals surface area contributed by atoms with Gasteiger partial charge >= 0.3 is 6.18 Å². The third-order valence-corrected chi connectivity index (χ3v) is 5.81. The number of hydrogen-bond donors (Lipinski definition) is 1. The summed E-state index contributed by atoms with van der Waals surface area (Å²) in [6.07, 6.45) is -3.08. The fourth-order valence-corrected chi connectivity index (χ4v) is 3.85. The number of nitrogens with zero attached hydrogens (tertiary/aromatic N) is 5. The molecule has 0 bridgehead atoms. The molecule has 1 N–H and O–H groups in total. The van der Waals surface area contributed by atoms with Gasteiger partial charge in [0.1, 0.15) is 0 Å². The standard InChI is InChI=1S/C18H14ClF3N6OS/c1-9-10(8-24-27(9)2)7-23-17(29)12-6-16-25-11(13-3-4-15(19)30-13)5-14(18(20,21)22)28(16)26-12/h3-6,8H,7H2,1-2H3,(H,23,29). The van der Waals surface area contributed by atoms with Gasteiger partial charge in [0.15, 0.2) is 17.0 Å². The van der Waals surface area contributed by atoms with E-state index >= 15 is 0 Å². The number of hydrogen-bond acceptors (Lipinski definition) is 5. The van der Waals surface area contributed by atoms with Crippen LogP contribution in [0.1, 0.15) is 27.4 Å². The molecule has 7 nitrogen and oxygen atoms in total. The van der Waals surface area contributed by atoms with Gasteiger partial charge < -0.3 is 5.32 Å². The van der Waals surface area contributed by atoms with Crippen LogP contribution in [0.25, 0.3) is 16.2 Å². The summed E-state index contributed by atoms with van der Waals surface area (Å²) in [5, 5.41) is 10.6. The predicted octanol–water partition coefficient (Wildman–Crippen LogP) is 4.10. The summed E-state index contributed by atoms with van der Waals surface area (Å²) < 4.78 is 43.6. The van der Waals surface area contributed by atoms with Crippen molar-refractivity contribution in [1.29, 1.82) is 0 Å². The van der Waals surface area contributed by atoms with E-state index in [-0.39, 0.29) is 23.6 Å². The minimum Gasteiger partial charge on any atom is -0.346 e. The van der Waals surface area contributed by atoms with Crippen LogP contribution in [0.5, 0.6) is 0 Å². The maximum absolute atomic E-state index is 13.6. The molecule has 0 aliphatic carbocycles. The van der Waals surface area contributed by atoms with Crippen molar-refractivity contribution in [3.8, 4) is 10.6 Å². The van der Waals surface area contributed by atoms with E-state index in [1.807, 2.05) is 6.92 Å². The van der Waals surface area contributed by atoms with Crippen molar-refractivity contribution >= 4 is 34.5 Å². The minimum absolute atomic E-state index is 0.0907. The second kappa shape index (κ2) is 7.40. The van der Waals surface area contributed by atoms with Gasteiger partial charge in [-0.05, 0) is 25.1 Å². The molecule has 30 heavy (non-hydrogen) atoms. The summed E-state index contributed by atoms with van der Waals surface area (Å²) in [6, 6.07) is 5.28. The molecule has 12 heteroatoms. The van der Waals surface area contributed by atoms with Gasteiger partial charge in [0.25, 0.3) is 5.91 Å². The van der Waals surface area contributed by atoms with Crippen LogP contribution in [0.3, 0.4) is 0 Å². The van der Waals surface area contributed by atoms with Crippen LogP contribution >= 0.6 is 22.9 Å². The van der Waals surface area contributed by atoms with Crippen LogP contribution in [0.2, 0.25) is 4.34 Å². The molecule has 0 fully saturated rings. The first kappa shape index (κ1) is 20.4. The Labute approximate surface area is 177 Å². The van der Waals surface area contributed by atoms with E-state index in [4.69, 9.17) is 11.6 Å². The molecule has 0 saturated carbocycles. The molecule has 4 rings (SSSR count). The number of rotatable bonds is 4. The van der Waals surface area contributed by atoms with Gasteiger partial charge in [-0.3, -0.25) is 9.48 Å². The molecule has 0 aliphatic heterocycles. The maximum Gasteiger partial charge on any atom is 0.433 e. The number of halogens is 4. The van der Waals surface area contributed by atoms with Gasteiger partial charge in [-0.2, -0.15) is 23.4 Å². The van der Waals surface area contributed by atoms with Crippen molar-refractivity contribution in [2.24, 2.45) is 7.05 Å². The van der Waals surface area contributed by atoms with Crippen molar-refractivity contribution < 1.29 is 18.0 Å². The second-order valence-electron chi connectivity index (χ2n) is 6.49. The lowest BCUT2D eigenvalue weighted by Gasteiger charge is -2.10. The third kappa shape index (κ3) is 3.77. The molecule has 0 radical (unpaired) electrons. The topological polar surface area (TPSA) is 77.1 Å². The molecule has 0 aliphatic rings. The van der Waals surface area contributed by atoms with E-state index in [1.54, 1.807) is 30.1 Å². The molecule has 0 aromatic carbocycles. The highest BCUT2D eigenvalue weighted by atomic mass is 35.5. The van der Waals surface area contributed by atoms with Crippen LogP contribution in [-0.4, -0.2) is 30.3 Å². The van der Waals surface area contributed by atoms with Gasteiger partial charge in [0.05, 0.1) is 21.1 Å². The van der Waals surface area contributed by atoms with Gasteiger partial charge in [-0.25, -0.2) is 9.50 Å². The molecule has 0 saturated heterocycles. The molecule has 4 aromatic rings. The number of alkyl halides is 3. The van der Waals surface area contributed by atoms with Crippen LogP contribution in [0.15, 0.2) is 30.5 Å². The average molecular weight is 455 g/mol.